The Hall–Kier alpha value is -2.13. The number of hydrogen-bond donors (Lipinski definition) is 0. The summed E-state index contributed by atoms with van der Waals surface area (Å²) in [6, 6.07) is 16.7. The summed E-state index contributed by atoms with van der Waals surface area (Å²) in [5.74, 6) is 0.00255. The molecule has 0 heterocycles. The van der Waals surface area contributed by atoms with Crippen molar-refractivity contribution in [1.29, 1.82) is 0 Å². The summed E-state index contributed by atoms with van der Waals surface area (Å²) in [6.45, 7) is 2.47. The molecule has 0 unspecified atom stereocenters. The van der Waals surface area contributed by atoms with Crippen molar-refractivity contribution in [3.05, 3.63) is 65.7 Å². The first-order valence-corrected chi connectivity index (χ1v) is 6.29. The summed E-state index contributed by atoms with van der Waals surface area (Å²) < 4.78 is 0. The van der Waals surface area contributed by atoms with Crippen molar-refractivity contribution < 1.29 is 9.63 Å². The maximum atomic E-state index is 12.5. The van der Waals surface area contributed by atoms with Crippen molar-refractivity contribution >= 4 is 11.5 Å². The lowest BCUT2D eigenvalue weighted by molar-refractivity contribution is 0.103. The molecule has 0 aromatic heterocycles. The Bertz CT molecular complexity index is 552. The average molecular weight is 255 g/mol. The first kappa shape index (κ1) is 13.3. The van der Waals surface area contributed by atoms with Crippen LogP contribution in [-0.2, 0) is 4.84 Å². The molecule has 2 aromatic rings. The number of benzene rings is 2. The van der Waals surface area contributed by atoms with E-state index in [1.807, 2.05) is 61.5 Å². The lowest BCUT2D eigenvalue weighted by atomic mass is 10.0. The Labute approximate surface area is 113 Å². The van der Waals surface area contributed by atoms with Gasteiger partial charge in [0.2, 0.25) is 0 Å². The van der Waals surface area contributed by atoms with E-state index in [1.165, 1.54) is 0 Å². The second kappa shape index (κ2) is 6.16. The number of carbonyl (C=O) groups is 1. The van der Waals surface area contributed by atoms with Crippen LogP contribution in [0.4, 0.5) is 5.69 Å². The van der Waals surface area contributed by atoms with Crippen LogP contribution < -0.4 is 5.06 Å². The zero-order valence-electron chi connectivity index (χ0n) is 11.2. The zero-order chi connectivity index (χ0) is 13.7. The molecule has 98 valence electrons. The normalized spacial score (nSPS) is 10.2. The maximum absolute atomic E-state index is 12.5. The third-order valence-electron chi connectivity index (χ3n) is 2.85. The second-order valence-corrected chi connectivity index (χ2v) is 4.13. The number of hydrogen-bond acceptors (Lipinski definition) is 3. The van der Waals surface area contributed by atoms with E-state index in [4.69, 9.17) is 4.84 Å². The topological polar surface area (TPSA) is 29.5 Å². The third-order valence-corrected chi connectivity index (χ3v) is 2.85. The van der Waals surface area contributed by atoms with Crippen LogP contribution in [0.25, 0.3) is 0 Å². The Morgan fingerprint density at radius 1 is 1.05 bits per heavy atom. The molecule has 0 N–H and O–H groups in total. The molecule has 0 fully saturated rings. The molecule has 0 saturated carbocycles. The molecule has 0 atom stereocenters. The van der Waals surface area contributed by atoms with Crippen molar-refractivity contribution in [2.24, 2.45) is 0 Å². The highest BCUT2D eigenvalue weighted by atomic mass is 16.7. The molecule has 0 radical (unpaired) electrons. The first-order chi connectivity index (χ1) is 9.24. The molecule has 0 aliphatic rings. The fourth-order valence-electron chi connectivity index (χ4n) is 1.95. The standard InChI is InChI=1S/C16H17NO2/c1-3-19-17(2)15-12-8-7-11-14(15)16(18)13-9-5-4-6-10-13/h4-12H,3H2,1-2H3. The highest BCUT2D eigenvalue weighted by molar-refractivity contribution is 6.12. The van der Waals surface area contributed by atoms with Gasteiger partial charge >= 0.3 is 0 Å². The highest BCUT2D eigenvalue weighted by Gasteiger charge is 2.15. The molecule has 0 saturated heterocycles. The lowest BCUT2D eigenvalue weighted by Crippen LogP contribution is -2.20. The van der Waals surface area contributed by atoms with Crippen LogP contribution in [0.1, 0.15) is 22.8 Å². The van der Waals surface area contributed by atoms with Gasteiger partial charge in [-0.05, 0) is 19.1 Å². The van der Waals surface area contributed by atoms with Crippen LogP contribution in [0, 0.1) is 0 Å². The predicted molar refractivity (Wildman–Crippen MR) is 76.3 cm³/mol. The molecule has 0 aliphatic carbocycles. The molecular formula is C16H17NO2. The number of ketones is 1. The molecular weight excluding hydrogens is 238 g/mol. The van der Waals surface area contributed by atoms with Gasteiger partial charge in [-0.3, -0.25) is 14.7 Å². The van der Waals surface area contributed by atoms with Crippen LogP contribution in [0.5, 0.6) is 0 Å². The molecule has 2 aromatic carbocycles. The minimum Gasteiger partial charge on any atom is -0.289 e. The minimum atomic E-state index is 0.00255. The quantitative estimate of drug-likeness (QED) is 0.606. The number of anilines is 1. The number of nitrogens with zero attached hydrogens (tertiary/aromatic N) is 1. The monoisotopic (exact) mass is 255 g/mol. The molecule has 3 nitrogen and oxygen atoms in total. The van der Waals surface area contributed by atoms with Gasteiger partial charge in [0.1, 0.15) is 0 Å². The number of rotatable bonds is 5. The summed E-state index contributed by atoms with van der Waals surface area (Å²) in [5.41, 5.74) is 2.10. The first-order valence-electron chi connectivity index (χ1n) is 6.29. The van der Waals surface area contributed by atoms with E-state index in [1.54, 1.807) is 12.1 Å². The summed E-state index contributed by atoms with van der Waals surface area (Å²) in [7, 11) is 1.81. The van der Waals surface area contributed by atoms with Crippen molar-refractivity contribution in [3.63, 3.8) is 0 Å². The summed E-state index contributed by atoms with van der Waals surface area (Å²) in [4.78, 5) is 17.9. The Balaban J connectivity index is 2.37. The van der Waals surface area contributed by atoms with Crippen LogP contribution in [0.15, 0.2) is 54.6 Å². The van der Waals surface area contributed by atoms with Crippen molar-refractivity contribution in [2.75, 3.05) is 18.7 Å². The van der Waals surface area contributed by atoms with Gasteiger partial charge in [-0.1, -0.05) is 42.5 Å². The summed E-state index contributed by atoms with van der Waals surface area (Å²) >= 11 is 0. The highest BCUT2D eigenvalue weighted by Crippen LogP contribution is 2.22. The predicted octanol–water partition coefficient (Wildman–Crippen LogP) is 3.31. The van der Waals surface area contributed by atoms with E-state index >= 15 is 0 Å². The third kappa shape index (κ3) is 3.01. The molecule has 0 spiro atoms. The van der Waals surface area contributed by atoms with E-state index in [9.17, 15) is 4.79 Å². The van der Waals surface area contributed by atoms with Crippen molar-refractivity contribution in [3.8, 4) is 0 Å². The summed E-state index contributed by atoms with van der Waals surface area (Å²) in [6.07, 6.45) is 0. The van der Waals surface area contributed by atoms with Crippen LogP contribution in [0.2, 0.25) is 0 Å². The van der Waals surface area contributed by atoms with E-state index in [-0.39, 0.29) is 5.78 Å². The summed E-state index contributed by atoms with van der Waals surface area (Å²) in [5, 5.41) is 1.64. The van der Waals surface area contributed by atoms with E-state index in [0.29, 0.717) is 17.7 Å². The van der Waals surface area contributed by atoms with Gasteiger partial charge in [-0.15, -0.1) is 0 Å². The van der Waals surface area contributed by atoms with Crippen LogP contribution in [0.3, 0.4) is 0 Å². The van der Waals surface area contributed by atoms with E-state index in [0.717, 1.165) is 5.69 Å². The van der Waals surface area contributed by atoms with Gasteiger partial charge in [0.15, 0.2) is 5.78 Å². The van der Waals surface area contributed by atoms with Gasteiger partial charge < -0.3 is 0 Å². The van der Waals surface area contributed by atoms with Crippen LogP contribution >= 0.6 is 0 Å². The Morgan fingerprint density at radius 3 is 2.37 bits per heavy atom. The van der Waals surface area contributed by atoms with Crippen LogP contribution in [-0.4, -0.2) is 19.4 Å². The molecule has 3 heteroatoms. The molecule has 0 aliphatic heterocycles. The minimum absolute atomic E-state index is 0.00255. The fraction of sp³-hybridized carbons (Fsp3) is 0.188. The second-order valence-electron chi connectivity index (χ2n) is 4.13. The van der Waals surface area contributed by atoms with Crippen molar-refractivity contribution in [1.82, 2.24) is 0 Å². The van der Waals surface area contributed by atoms with E-state index in [2.05, 4.69) is 0 Å². The van der Waals surface area contributed by atoms with E-state index < -0.39 is 0 Å². The molecule has 19 heavy (non-hydrogen) atoms. The number of para-hydroxylation sites is 1. The van der Waals surface area contributed by atoms with Gasteiger partial charge in [0.25, 0.3) is 0 Å². The van der Waals surface area contributed by atoms with Crippen molar-refractivity contribution in [2.45, 2.75) is 6.92 Å². The van der Waals surface area contributed by atoms with Gasteiger partial charge in [-0.2, -0.15) is 0 Å². The largest absolute Gasteiger partial charge is 0.289 e. The smallest absolute Gasteiger partial charge is 0.195 e. The maximum Gasteiger partial charge on any atom is 0.195 e. The SMILES string of the molecule is CCON(C)c1ccccc1C(=O)c1ccccc1. The number of hydroxylamine groups is 1. The lowest BCUT2D eigenvalue weighted by Gasteiger charge is -2.20. The number of carbonyl (C=O) groups excluding carboxylic acids is 1. The molecule has 0 amide bonds. The van der Waals surface area contributed by atoms with Gasteiger partial charge in [0, 0.05) is 18.2 Å². The Kier molecular flexibility index (Phi) is 4.31. The fourth-order valence-corrected chi connectivity index (χ4v) is 1.95. The molecule has 2 rings (SSSR count). The zero-order valence-corrected chi connectivity index (χ0v) is 11.2. The molecule has 0 bridgehead atoms. The van der Waals surface area contributed by atoms with Gasteiger partial charge in [0.05, 0.1) is 12.3 Å². The average Bonchev–Trinajstić information content (AvgIpc) is 2.47. The van der Waals surface area contributed by atoms with Gasteiger partial charge in [-0.25, -0.2) is 0 Å². The Morgan fingerprint density at radius 2 is 1.68 bits per heavy atom.